The van der Waals surface area contributed by atoms with Gasteiger partial charge in [0.05, 0.1) is 0 Å². The van der Waals surface area contributed by atoms with Crippen LogP contribution in [0.25, 0.3) is 0 Å². The molecule has 0 fully saturated rings. The van der Waals surface area contributed by atoms with E-state index >= 15 is 0 Å². The van der Waals surface area contributed by atoms with Gasteiger partial charge in [0.2, 0.25) is 5.91 Å². The number of carboxylic acids is 1. The molecule has 1 unspecified atom stereocenters. The number of benzene rings is 1. The van der Waals surface area contributed by atoms with Crippen LogP contribution >= 0.6 is 0 Å². The molecule has 0 aliphatic rings. The highest BCUT2D eigenvalue weighted by molar-refractivity contribution is 7.92. The molecule has 1 aromatic rings. The monoisotopic (exact) mass is 301 g/mol. The minimum Gasteiger partial charge on any atom is -0.482 e. The third-order valence-electron chi connectivity index (χ3n) is 2.50. The predicted octanol–water partition coefficient (Wildman–Crippen LogP) is 0.522. The van der Waals surface area contributed by atoms with Gasteiger partial charge in [-0.3, -0.25) is 4.79 Å². The van der Waals surface area contributed by atoms with Crippen molar-refractivity contribution in [3.8, 4) is 5.75 Å². The topological polar surface area (TPSA) is 110 Å². The summed E-state index contributed by atoms with van der Waals surface area (Å²) in [7, 11) is -3.45. The molecule has 2 N–H and O–H groups in total. The normalized spacial score (nSPS) is 12.5. The molecule has 0 bridgehead atoms. The van der Waals surface area contributed by atoms with E-state index in [1.54, 1.807) is 0 Å². The summed E-state index contributed by atoms with van der Waals surface area (Å²) in [6, 6.07) is 5.93. The molecule has 1 atom stereocenters. The molecular formula is C12H15NO6S. The lowest BCUT2D eigenvalue weighted by Crippen LogP contribution is -2.31. The quantitative estimate of drug-likeness (QED) is 0.792. The van der Waals surface area contributed by atoms with Crippen LogP contribution in [0.4, 0.5) is 5.69 Å². The Labute approximate surface area is 116 Å². The summed E-state index contributed by atoms with van der Waals surface area (Å²) in [5.41, 5.74) is 0.396. The Morgan fingerprint density at radius 1 is 1.30 bits per heavy atom. The standard InChI is InChI=1S/C12H15NO6S/c1-8(20(2,17)18)12(16)13-9-3-5-10(6-4-9)19-7-11(14)15/h3-6,8H,7H2,1-2H3,(H,13,16)(H,14,15). The van der Waals surface area contributed by atoms with Gasteiger partial charge in [0.1, 0.15) is 11.0 Å². The molecule has 0 aromatic heterocycles. The van der Waals surface area contributed by atoms with E-state index in [2.05, 4.69) is 5.32 Å². The summed E-state index contributed by atoms with van der Waals surface area (Å²) in [5, 5.41) is 9.75. The molecule has 20 heavy (non-hydrogen) atoms. The number of hydrogen-bond donors (Lipinski definition) is 2. The number of aliphatic carboxylic acids is 1. The molecule has 1 aromatic carbocycles. The fourth-order valence-corrected chi connectivity index (χ4v) is 1.67. The van der Waals surface area contributed by atoms with E-state index in [9.17, 15) is 18.0 Å². The van der Waals surface area contributed by atoms with Crippen LogP contribution in [0, 0.1) is 0 Å². The van der Waals surface area contributed by atoms with E-state index in [1.165, 1.54) is 31.2 Å². The van der Waals surface area contributed by atoms with Crippen molar-refractivity contribution in [2.24, 2.45) is 0 Å². The van der Waals surface area contributed by atoms with Gasteiger partial charge in [0.25, 0.3) is 0 Å². The van der Waals surface area contributed by atoms with E-state index in [0.29, 0.717) is 11.4 Å². The number of hydrogen-bond acceptors (Lipinski definition) is 5. The first-order chi connectivity index (χ1) is 9.20. The van der Waals surface area contributed by atoms with Gasteiger partial charge in [-0.05, 0) is 31.2 Å². The van der Waals surface area contributed by atoms with Crippen LogP contribution in [0.1, 0.15) is 6.92 Å². The maximum Gasteiger partial charge on any atom is 0.341 e. The highest BCUT2D eigenvalue weighted by atomic mass is 32.2. The van der Waals surface area contributed by atoms with E-state index in [0.717, 1.165) is 6.26 Å². The maximum absolute atomic E-state index is 11.7. The number of carboxylic acid groups (broad SMARTS) is 1. The van der Waals surface area contributed by atoms with Crippen LogP contribution < -0.4 is 10.1 Å². The van der Waals surface area contributed by atoms with E-state index in [1.807, 2.05) is 0 Å². The van der Waals surface area contributed by atoms with E-state index < -0.39 is 33.6 Å². The number of rotatable bonds is 6. The summed E-state index contributed by atoms with van der Waals surface area (Å²) in [6.07, 6.45) is 0.986. The van der Waals surface area contributed by atoms with Crippen LogP contribution in [-0.2, 0) is 19.4 Å². The molecule has 7 nitrogen and oxygen atoms in total. The summed E-state index contributed by atoms with van der Waals surface area (Å²) in [6.45, 7) is 0.839. The first-order valence-electron chi connectivity index (χ1n) is 5.64. The van der Waals surface area contributed by atoms with E-state index in [-0.39, 0.29) is 0 Å². The minimum absolute atomic E-state index is 0.335. The van der Waals surface area contributed by atoms with Crippen molar-refractivity contribution in [3.05, 3.63) is 24.3 Å². The summed E-state index contributed by atoms with van der Waals surface area (Å²) >= 11 is 0. The lowest BCUT2D eigenvalue weighted by atomic mass is 10.3. The third-order valence-corrected chi connectivity index (χ3v) is 3.99. The molecule has 0 saturated heterocycles. The predicted molar refractivity (Wildman–Crippen MR) is 72.5 cm³/mol. The van der Waals surface area contributed by atoms with Crippen molar-refractivity contribution in [2.75, 3.05) is 18.2 Å². The maximum atomic E-state index is 11.7. The Morgan fingerprint density at radius 3 is 2.30 bits per heavy atom. The molecule has 0 spiro atoms. The number of amides is 1. The van der Waals surface area contributed by atoms with Crippen LogP contribution in [0.3, 0.4) is 0 Å². The van der Waals surface area contributed by atoms with Crippen LogP contribution in [0.2, 0.25) is 0 Å². The number of carbonyl (C=O) groups is 2. The minimum atomic E-state index is -3.45. The van der Waals surface area contributed by atoms with E-state index in [4.69, 9.17) is 9.84 Å². The van der Waals surface area contributed by atoms with Gasteiger partial charge in [-0.15, -0.1) is 0 Å². The zero-order chi connectivity index (χ0) is 15.3. The van der Waals surface area contributed by atoms with Crippen molar-refractivity contribution >= 4 is 27.4 Å². The number of anilines is 1. The lowest BCUT2D eigenvalue weighted by Gasteiger charge is -2.11. The summed E-state index contributed by atoms with van der Waals surface area (Å²) in [5.74, 6) is -1.39. The molecule has 1 amide bonds. The summed E-state index contributed by atoms with van der Waals surface area (Å²) < 4.78 is 27.4. The second-order valence-corrected chi connectivity index (χ2v) is 6.53. The average Bonchev–Trinajstić information content (AvgIpc) is 2.35. The molecule has 0 aliphatic heterocycles. The Balaban J connectivity index is 2.66. The van der Waals surface area contributed by atoms with Crippen LogP contribution in [0.5, 0.6) is 5.75 Å². The first kappa shape index (κ1) is 16.0. The molecule has 110 valence electrons. The number of ether oxygens (including phenoxy) is 1. The molecule has 8 heteroatoms. The zero-order valence-corrected chi connectivity index (χ0v) is 11.8. The summed E-state index contributed by atoms with van der Waals surface area (Å²) in [4.78, 5) is 22.0. The third kappa shape index (κ3) is 4.88. The van der Waals surface area contributed by atoms with Gasteiger partial charge < -0.3 is 15.2 Å². The average molecular weight is 301 g/mol. The number of nitrogens with one attached hydrogen (secondary N) is 1. The van der Waals surface area contributed by atoms with Crippen molar-refractivity contribution in [3.63, 3.8) is 0 Å². The molecule has 0 heterocycles. The van der Waals surface area contributed by atoms with Gasteiger partial charge in [0.15, 0.2) is 16.4 Å². The Hall–Kier alpha value is -2.09. The molecule has 0 saturated carbocycles. The largest absolute Gasteiger partial charge is 0.482 e. The Morgan fingerprint density at radius 2 is 1.85 bits per heavy atom. The van der Waals surface area contributed by atoms with Gasteiger partial charge in [0, 0.05) is 11.9 Å². The zero-order valence-electron chi connectivity index (χ0n) is 11.0. The molecule has 1 rings (SSSR count). The SMILES string of the molecule is CC(C(=O)Nc1ccc(OCC(=O)O)cc1)S(C)(=O)=O. The fourth-order valence-electron chi connectivity index (χ4n) is 1.22. The van der Waals surface area contributed by atoms with Gasteiger partial charge in [-0.25, -0.2) is 13.2 Å². The smallest absolute Gasteiger partial charge is 0.341 e. The van der Waals surface area contributed by atoms with Gasteiger partial charge in [-0.2, -0.15) is 0 Å². The number of carbonyl (C=O) groups excluding carboxylic acids is 1. The van der Waals surface area contributed by atoms with Gasteiger partial charge in [-0.1, -0.05) is 0 Å². The lowest BCUT2D eigenvalue weighted by molar-refractivity contribution is -0.139. The molecule has 0 radical (unpaired) electrons. The first-order valence-corrected chi connectivity index (χ1v) is 7.60. The van der Waals surface area contributed by atoms with Gasteiger partial charge >= 0.3 is 5.97 Å². The Bertz CT molecular complexity index is 593. The Kier molecular flexibility index (Phi) is 5.09. The van der Waals surface area contributed by atoms with Crippen molar-refractivity contribution in [2.45, 2.75) is 12.2 Å². The van der Waals surface area contributed by atoms with Crippen molar-refractivity contribution in [1.82, 2.24) is 0 Å². The fraction of sp³-hybridized carbons (Fsp3) is 0.333. The number of sulfone groups is 1. The highest BCUT2D eigenvalue weighted by Gasteiger charge is 2.23. The molecule has 0 aliphatic carbocycles. The van der Waals surface area contributed by atoms with Crippen molar-refractivity contribution < 1.29 is 27.9 Å². The second-order valence-electron chi connectivity index (χ2n) is 4.17. The van der Waals surface area contributed by atoms with Crippen molar-refractivity contribution in [1.29, 1.82) is 0 Å². The van der Waals surface area contributed by atoms with Crippen LogP contribution in [0.15, 0.2) is 24.3 Å². The second kappa shape index (κ2) is 6.38. The highest BCUT2D eigenvalue weighted by Crippen LogP contribution is 2.16. The molecular weight excluding hydrogens is 286 g/mol. The van der Waals surface area contributed by atoms with Crippen LogP contribution in [-0.4, -0.2) is 43.5 Å².